The van der Waals surface area contributed by atoms with Gasteiger partial charge in [0, 0.05) is 30.6 Å². The first kappa shape index (κ1) is 19.1. The Balaban J connectivity index is 1.39. The van der Waals surface area contributed by atoms with Crippen molar-refractivity contribution < 1.29 is 9.59 Å². The molecule has 0 unspecified atom stereocenters. The van der Waals surface area contributed by atoms with Gasteiger partial charge in [0.1, 0.15) is 5.69 Å². The molecule has 4 rings (SSSR count). The average molecular weight is 399 g/mol. The number of nitrogens with one attached hydrogen (secondary N) is 1. The predicted molar refractivity (Wildman–Crippen MR) is 110 cm³/mol. The minimum Gasteiger partial charge on any atom is -0.339 e. The van der Waals surface area contributed by atoms with Crippen molar-refractivity contribution in [3.63, 3.8) is 0 Å². The highest BCUT2D eigenvalue weighted by Crippen LogP contribution is 2.36. The number of hydrogen-bond acceptors (Lipinski definition) is 5. The largest absolute Gasteiger partial charge is 0.339 e. The van der Waals surface area contributed by atoms with E-state index in [4.69, 9.17) is 0 Å². The summed E-state index contributed by atoms with van der Waals surface area (Å²) in [6.45, 7) is 5.03. The van der Waals surface area contributed by atoms with E-state index in [1.807, 2.05) is 28.5 Å². The molecule has 7 heteroatoms. The Labute approximate surface area is 169 Å². The van der Waals surface area contributed by atoms with Crippen LogP contribution in [0.25, 0.3) is 11.4 Å². The molecule has 4 atom stereocenters. The van der Waals surface area contributed by atoms with Crippen molar-refractivity contribution in [2.24, 2.45) is 17.8 Å². The molecule has 1 aliphatic heterocycles. The summed E-state index contributed by atoms with van der Waals surface area (Å²) >= 11 is 1.38. The quantitative estimate of drug-likeness (QED) is 0.850. The molecule has 0 bridgehead atoms. The standard InChI is InChI=1S/C21H26N4O2S/c1-13-6-5-8-18(14(13)2)25-11-15(10-19(25)26)20(27)24-21-23-17(12-28-21)16-7-3-4-9-22-16/h3-4,7,9,12-15,18H,5-6,8,10-11H2,1-2H3,(H,23,24,27)/t13-,14-,15+,18+/m1/s1. The summed E-state index contributed by atoms with van der Waals surface area (Å²) in [5.41, 5.74) is 1.52. The third-order valence-corrected chi connectivity index (χ3v) is 7.01. The average Bonchev–Trinajstić information content (AvgIpc) is 3.32. The van der Waals surface area contributed by atoms with Gasteiger partial charge in [0.15, 0.2) is 5.13 Å². The van der Waals surface area contributed by atoms with E-state index >= 15 is 0 Å². The lowest BCUT2D eigenvalue weighted by atomic mass is 9.77. The van der Waals surface area contributed by atoms with E-state index in [0.717, 1.165) is 24.2 Å². The molecule has 2 aromatic rings. The van der Waals surface area contributed by atoms with Crippen molar-refractivity contribution in [3.8, 4) is 11.4 Å². The Bertz CT molecular complexity index is 853. The van der Waals surface area contributed by atoms with Gasteiger partial charge in [0.25, 0.3) is 0 Å². The molecule has 1 N–H and O–H groups in total. The molecule has 1 saturated carbocycles. The van der Waals surface area contributed by atoms with Gasteiger partial charge in [0.05, 0.1) is 11.6 Å². The van der Waals surface area contributed by atoms with Crippen molar-refractivity contribution in [1.82, 2.24) is 14.9 Å². The highest BCUT2D eigenvalue weighted by molar-refractivity contribution is 7.14. The van der Waals surface area contributed by atoms with E-state index in [1.165, 1.54) is 17.8 Å². The summed E-state index contributed by atoms with van der Waals surface area (Å²) in [6, 6.07) is 5.92. The van der Waals surface area contributed by atoms with Crippen LogP contribution in [0.15, 0.2) is 29.8 Å². The van der Waals surface area contributed by atoms with Crippen LogP contribution in [0.5, 0.6) is 0 Å². The number of carbonyl (C=O) groups excluding carboxylic acids is 2. The number of likely N-dealkylation sites (tertiary alicyclic amines) is 1. The Morgan fingerprint density at radius 2 is 2.11 bits per heavy atom. The number of nitrogens with zero attached hydrogens (tertiary/aromatic N) is 3. The van der Waals surface area contributed by atoms with Gasteiger partial charge in [-0.1, -0.05) is 32.8 Å². The van der Waals surface area contributed by atoms with Gasteiger partial charge in [-0.15, -0.1) is 11.3 Å². The lowest BCUT2D eigenvalue weighted by molar-refractivity contribution is -0.131. The van der Waals surface area contributed by atoms with Crippen LogP contribution in [0.1, 0.15) is 39.5 Å². The Morgan fingerprint density at radius 1 is 1.25 bits per heavy atom. The number of aromatic nitrogens is 2. The topological polar surface area (TPSA) is 75.2 Å². The fourth-order valence-electron chi connectivity index (χ4n) is 4.39. The second kappa shape index (κ2) is 7.99. The van der Waals surface area contributed by atoms with Crippen molar-refractivity contribution in [2.75, 3.05) is 11.9 Å². The van der Waals surface area contributed by atoms with Crippen molar-refractivity contribution in [2.45, 2.75) is 45.6 Å². The summed E-state index contributed by atoms with van der Waals surface area (Å²) in [5.74, 6) is 0.798. The van der Waals surface area contributed by atoms with Crippen LogP contribution in [0, 0.1) is 17.8 Å². The molecule has 1 aliphatic carbocycles. The zero-order valence-electron chi connectivity index (χ0n) is 16.3. The minimum atomic E-state index is -0.306. The molecule has 148 valence electrons. The second-order valence-corrected chi connectivity index (χ2v) is 8.88. The fourth-order valence-corrected chi connectivity index (χ4v) is 5.10. The molecular weight excluding hydrogens is 372 g/mol. The van der Waals surface area contributed by atoms with E-state index in [0.29, 0.717) is 29.9 Å². The van der Waals surface area contributed by atoms with E-state index in [-0.39, 0.29) is 23.8 Å². The van der Waals surface area contributed by atoms with E-state index in [9.17, 15) is 9.59 Å². The summed E-state index contributed by atoms with van der Waals surface area (Å²) in [6.07, 6.45) is 5.45. The molecular formula is C21H26N4O2S. The molecule has 6 nitrogen and oxygen atoms in total. The van der Waals surface area contributed by atoms with Gasteiger partial charge in [-0.3, -0.25) is 14.6 Å². The third-order valence-electron chi connectivity index (χ3n) is 6.26. The number of pyridine rings is 1. The zero-order valence-corrected chi connectivity index (χ0v) is 17.1. The van der Waals surface area contributed by atoms with E-state index in [1.54, 1.807) is 6.20 Å². The van der Waals surface area contributed by atoms with Crippen LogP contribution in [-0.4, -0.2) is 39.3 Å². The van der Waals surface area contributed by atoms with Crippen LogP contribution in [0.3, 0.4) is 0 Å². The number of rotatable bonds is 4. The van der Waals surface area contributed by atoms with Gasteiger partial charge in [-0.2, -0.15) is 0 Å². The summed E-state index contributed by atoms with van der Waals surface area (Å²) < 4.78 is 0. The summed E-state index contributed by atoms with van der Waals surface area (Å²) in [7, 11) is 0. The molecule has 2 aliphatic rings. The molecule has 2 aromatic heterocycles. The molecule has 0 aromatic carbocycles. The smallest absolute Gasteiger partial charge is 0.231 e. The molecule has 28 heavy (non-hydrogen) atoms. The molecule has 3 heterocycles. The third kappa shape index (κ3) is 3.81. The van der Waals surface area contributed by atoms with Crippen LogP contribution in [-0.2, 0) is 9.59 Å². The fraction of sp³-hybridized carbons (Fsp3) is 0.524. The summed E-state index contributed by atoms with van der Waals surface area (Å²) in [4.78, 5) is 36.1. The number of thiazole rings is 1. The van der Waals surface area contributed by atoms with E-state index in [2.05, 4.69) is 29.1 Å². The molecule has 1 saturated heterocycles. The SMILES string of the molecule is C[C@@H]1[C@H](C)CCC[C@@H]1N1C[C@@H](C(=O)Nc2nc(-c3ccccn3)cs2)CC1=O. The Kier molecular flexibility index (Phi) is 5.44. The number of carbonyl (C=O) groups is 2. The maximum Gasteiger partial charge on any atom is 0.231 e. The molecule has 2 fully saturated rings. The van der Waals surface area contributed by atoms with Crippen molar-refractivity contribution in [1.29, 1.82) is 0 Å². The van der Waals surface area contributed by atoms with Crippen LogP contribution < -0.4 is 5.32 Å². The Hall–Kier alpha value is -2.28. The number of hydrogen-bond donors (Lipinski definition) is 1. The zero-order chi connectivity index (χ0) is 19.7. The monoisotopic (exact) mass is 398 g/mol. The maximum atomic E-state index is 12.7. The van der Waals surface area contributed by atoms with Crippen molar-refractivity contribution >= 4 is 28.3 Å². The van der Waals surface area contributed by atoms with Crippen molar-refractivity contribution in [3.05, 3.63) is 29.8 Å². The predicted octanol–water partition coefficient (Wildman–Crippen LogP) is 3.82. The number of amides is 2. The van der Waals surface area contributed by atoms with Gasteiger partial charge >= 0.3 is 0 Å². The first-order valence-corrected chi connectivity index (χ1v) is 10.9. The lowest BCUT2D eigenvalue weighted by Crippen LogP contribution is -2.45. The normalized spacial score (nSPS) is 27.8. The molecule has 0 spiro atoms. The lowest BCUT2D eigenvalue weighted by Gasteiger charge is -2.40. The highest BCUT2D eigenvalue weighted by Gasteiger charge is 2.41. The minimum absolute atomic E-state index is 0.111. The summed E-state index contributed by atoms with van der Waals surface area (Å²) in [5, 5.41) is 5.34. The van der Waals surface area contributed by atoms with Gasteiger partial charge in [0.2, 0.25) is 11.8 Å². The second-order valence-electron chi connectivity index (χ2n) is 8.02. The van der Waals surface area contributed by atoms with Gasteiger partial charge in [-0.25, -0.2) is 4.98 Å². The first-order chi connectivity index (χ1) is 13.5. The van der Waals surface area contributed by atoms with Crippen LogP contribution in [0.4, 0.5) is 5.13 Å². The van der Waals surface area contributed by atoms with Gasteiger partial charge in [-0.05, 0) is 30.4 Å². The van der Waals surface area contributed by atoms with Crippen LogP contribution >= 0.6 is 11.3 Å². The maximum absolute atomic E-state index is 12.7. The molecule has 2 amide bonds. The van der Waals surface area contributed by atoms with Crippen LogP contribution in [0.2, 0.25) is 0 Å². The highest BCUT2D eigenvalue weighted by atomic mass is 32.1. The number of anilines is 1. The molecule has 0 radical (unpaired) electrons. The van der Waals surface area contributed by atoms with E-state index < -0.39 is 0 Å². The Morgan fingerprint density at radius 3 is 2.89 bits per heavy atom. The first-order valence-electron chi connectivity index (χ1n) is 10.00. The van der Waals surface area contributed by atoms with Gasteiger partial charge < -0.3 is 10.2 Å².